The maximum Gasteiger partial charge on any atom is 0.134 e. The molecule has 0 fully saturated rings. The van der Waals surface area contributed by atoms with E-state index in [2.05, 4.69) is 27.9 Å². The summed E-state index contributed by atoms with van der Waals surface area (Å²) in [5, 5.41) is 5.15. The molecule has 0 spiro atoms. The van der Waals surface area contributed by atoms with Gasteiger partial charge in [0.25, 0.3) is 0 Å². The van der Waals surface area contributed by atoms with Crippen LogP contribution in [0.3, 0.4) is 0 Å². The highest BCUT2D eigenvalue weighted by atomic mass is 127. The number of nitrogens with one attached hydrogen (secondary N) is 1. The first kappa shape index (κ1) is 16.6. The van der Waals surface area contributed by atoms with Crippen molar-refractivity contribution in [3.63, 3.8) is 0 Å². The smallest absolute Gasteiger partial charge is 0.134 e. The lowest BCUT2D eigenvalue weighted by Crippen LogP contribution is -2.25. The van der Waals surface area contributed by atoms with Gasteiger partial charge in [0.15, 0.2) is 0 Å². The highest BCUT2D eigenvalue weighted by molar-refractivity contribution is 14.1. The number of rotatable bonds is 6. The maximum absolute atomic E-state index is 14.3. The van der Waals surface area contributed by atoms with Crippen molar-refractivity contribution in [1.29, 1.82) is 0 Å². The molecule has 2 aromatic rings. The fraction of sp³-hybridized carbons (Fsp3) is 0.333. The van der Waals surface area contributed by atoms with Crippen LogP contribution in [0.15, 0.2) is 23.6 Å². The second-order valence-corrected chi connectivity index (χ2v) is 7.38. The van der Waals surface area contributed by atoms with E-state index >= 15 is 0 Å². The highest BCUT2D eigenvalue weighted by Crippen LogP contribution is 2.32. The zero-order chi connectivity index (χ0) is 15.4. The van der Waals surface area contributed by atoms with Crippen LogP contribution in [0.2, 0.25) is 0 Å². The van der Waals surface area contributed by atoms with Crippen molar-refractivity contribution < 1.29 is 13.5 Å². The Kier molecular flexibility index (Phi) is 5.95. The molecule has 1 N–H and O–H groups in total. The quantitative estimate of drug-likeness (QED) is 0.679. The van der Waals surface area contributed by atoms with Crippen molar-refractivity contribution in [2.75, 3.05) is 13.7 Å². The van der Waals surface area contributed by atoms with Gasteiger partial charge in [0.2, 0.25) is 0 Å². The largest absolute Gasteiger partial charge is 0.497 e. The average Bonchev–Trinajstić information content (AvgIpc) is 2.87. The number of halogens is 3. The third-order valence-corrected chi connectivity index (χ3v) is 4.90. The molecule has 6 heteroatoms. The summed E-state index contributed by atoms with van der Waals surface area (Å²) in [6, 6.07) is 3.89. The molecule has 1 atom stereocenters. The van der Waals surface area contributed by atoms with Crippen LogP contribution >= 0.6 is 33.9 Å². The van der Waals surface area contributed by atoms with Crippen LogP contribution in [0.5, 0.6) is 5.75 Å². The van der Waals surface area contributed by atoms with Crippen LogP contribution < -0.4 is 10.1 Å². The normalized spacial score (nSPS) is 12.4. The van der Waals surface area contributed by atoms with Crippen LogP contribution in [0.1, 0.15) is 30.5 Å². The highest BCUT2D eigenvalue weighted by Gasteiger charge is 2.23. The summed E-state index contributed by atoms with van der Waals surface area (Å²) in [5.74, 6) is -1.01. The van der Waals surface area contributed by atoms with E-state index < -0.39 is 17.7 Å². The molecule has 0 bridgehead atoms. The molecule has 0 aliphatic rings. The Labute approximate surface area is 140 Å². The van der Waals surface area contributed by atoms with Crippen LogP contribution in [0, 0.1) is 14.5 Å². The van der Waals surface area contributed by atoms with Crippen molar-refractivity contribution in [2.45, 2.75) is 19.4 Å². The van der Waals surface area contributed by atoms with Crippen LogP contribution in [-0.2, 0) is 0 Å². The number of ether oxygens (including phenoxy) is 1. The molecule has 0 amide bonds. The molecule has 0 aliphatic carbocycles. The summed E-state index contributed by atoms with van der Waals surface area (Å²) in [6.07, 6.45) is 0.886. The first-order valence-electron chi connectivity index (χ1n) is 6.57. The van der Waals surface area contributed by atoms with Gasteiger partial charge in [-0.25, -0.2) is 8.78 Å². The van der Waals surface area contributed by atoms with Crippen LogP contribution in [0.25, 0.3) is 0 Å². The summed E-state index contributed by atoms with van der Waals surface area (Å²) in [7, 11) is 1.39. The first-order valence-corrected chi connectivity index (χ1v) is 8.52. The Hall–Kier alpha value is -0.730. The van der Waals surface area contributed by atoms with Crippen molar-refractivity contribution in [3.8, 4) is 5.75 Å². The molecule has 1 unspecified atom stereocenters. The Morgan fingerprint density at radius 3 is 2.43 bits per heavy atom. The van der Waals surface area contributed by atoms with Gasteiger partial charge >= 0.3 is 0 Å². The Bertz CT molecular complexity index is 594. The Morgan fingerprint density at radius 1 is 1.29 bits per heavy atom. The van der Waals surface area contributed by atoms with Gasteiger partial charge in [-0.3, -0.25) is 0 Å². The van der Waals surface area contributed by atoms with Gasteiger partial charge in [-0.2, -0.15) is 0 Å². The molecule has 1 aromatic carbocycles. The lowest BCUT2D eigenvalue weighted by molar-refractivity contribution is 0.403. The van der Waals surface area contributed by atoms with Gasteiger partial charge in [0.1, 0.15) is 17.4 Å². The number of hydrogen-bond donors (Lipinski definition) is 1. The zero-order valence-corrected chi connectivity index (χ0v) is 14.7. The minimum Gasteiger partial charge on any atom is -0.497 e. The zero-order valence-electron chi connectivity index (χ0n) is 11.8. The molecule has 0 saturated carbocycles. The molecular weight excluding hydrogens is 407 g/mol. The summed E-state index contributed by atoms with van der Waals surface area (Å²) in [5.41, 5.74) is 0.916. The third kappa shape index (κ3) is 3.92. The number of methoxy groups -OCH3 is 1. The predicted molar refractivity (Wildman–Crippen MR) is 90.1 cm³/mol. The van der Waals surface area contributed by atoms with Gasteiger partial charge in [-0.15, -0.1) is 11.3 Å². The summed E-state index contributed by atoms with van der Waals surface area (Å²) in [4.78, 5) is 0. The van der Waals surface area contributed by atoms with E-state index in [1.54, 1.807) is 11.3 Å². The molecule has 0 aliphatic heterocycles. The number of thiophene rings is 1. The Balaban J connectivity index is 2.46. The lowest BCUT2D eigenvalue weighted by Gasteiger charge is -2.20. The Morgan fingerprint density at radius 2 is 1.95 bits per heavy atom. The van der Waals surface area contributed by atoms with Gasteiger partial charge in [-0.1, -0.05) is 6.92 Å². The van der Waals surface area contributed by atoms with E-state index in [4.69, 9.17) is 4.74 Å². The van der Waals surface area contributed by atoms with E-state index in [-0.39, 0.29) is 11.3 Å². The topological polar surface area (TPSA) is 21.3 Å². The van der Waals surface area contributed by atoms with E-state index in [1.807, 2.05) is 18.4 Å². The lowest BCUT2D eigenvalue weighted by atomic mass is 9.99. The van der Waals surface area contributed by atoms with Crippen LogP contribution in [0.4, 0.5) is 8.78 Å². The predicted octanol–water partition coefficient (Wildman–Crippen LogP) is 4.73. The first-order chi connectivity index (χ1) is 10.1. The summed E-state index contributed by atoms with van der Waals surface area (Å²) < 4.78 is 34.6. The molecule has 2 nitrogen and oxygen atoms in total. The van der Waals surface area contributed by atoms with Crippen molar-refractivity contribution >= 4 is 33.9 Å². The average molecular weight is 423 g/mol. The number of hydrogen-bond acceptors (Lipinski definition) is 3. The van der Waals surface area contributed by atoms with Gasteiger partial charge in [-0.05, 0) is 52.6 Å². The molecule has 2 rings (SSSR count). The van der Waals surface area contributed by atoms with E-state index in [0.29, 0.717) is 6.54 Å². The fourth-order valence-electron chi connectivity index (χ4n) is 2.10. The molecule has 21 heavy (non-hydrogen) atoms. The second-order valence-electron chi connectivity index (χ2n) is 4.58. The van der Waals surface area contributed by atoms with E-state index in [1.165, 1.54) is 19.2 Å². The minimum absolute atomic E-state index is 0.0402. The molecule has 0 saturated heterocycles. The fourth-order valence-corrected chi connectivity index (χ4v) is 3.50. The molecule has 1 heterocycles. The van der Waals surface area contributed by atoms with Gasteiger partial charge < -0.3 is 10.1 Å². The van der Waals surface area contributed by atoms with E-state index in [0.717, 1.165) is 14.9 Å². The van der Waals surface area contributed by atoms with Gasteiger partial charge in [0.05, 0.1) is 16.0 Å². The van der Waals surface area contributed by atoms with Crippen molar-refractivity contribution in [1.82, 2.24) is 5.32 Å². The molecule has 114 valence electrons. The third-order valence-electron chi connectivity index (χ3n) is 3.10. The standard InChI is InChI=1S/C15H16F2INOS/c1-3-4-19-15(9-5-13(18)21-8-9)14-11(16)6-10(20-2)7-12(14)17/h5-8,15,19H,3-4H2,1-2H3. The monoisotopic (exact) mass is 423 g/mol. The second kappa shape index (κ2) is 7.51. The van der Waals surface area contributed by atoms with Gasteiger partial charge in [0, 0.05) is 17.7 Å². The minimum atomic E-state index is -0.596. The van der Waals surface area contributed by atoms with Crippen molar-refractivity contribution in [2.24, 2.45) is 0 Å². The molecule has 1 aromatic heterocycles. The summed E-state index contributed by atoms with van der Waals surface area (Å²) >= 11 is 3.76. The molecule has 0 radical (unpaired) electrons. The number of benzene rings is 1. The van der Waals surface area contributed by atoms with Crippen molar-refractivity contribution in [3.05, 3.63) is 49.2 Å². The molecular formula is C15H16F2INOS. The summed E-state index contributed by atoms with van der Waals surface area (Å²) in [6.45, 7) is 2.70. The van der Waals surface area contributed by atoms with E-state index in [9.17, 15) is 8.78 Å². The maximum atomic E-state index is 14.3. The van der Waals surface area contributed by atoms with Crippen LogP contribution in [-0.4, -0.2) is 13.7 Å². The SMILES string of the molecule is CCCNC(c1csc(I)c1)c1c(F)cc(OC)cc1F.